The quantitative estimate of drug-likeness (QED) is 0.510. The molecule has 0 N–H and O–H groups in total. The molecule has 2 heterocycles. The average Bonchev–Trinajstić information content (AvgIpc) is 2.94. The van der Waals surface area contributed by atoms with Crippen molar-refractivity contribution in [3.05, 3.63) is 82.6 Å². The predicted molar refractivity (Wildman–Crippen MR) is 94.5 cm³/mol. The Balaban J connectivity index is 2.03. The number of hydrogen-bond acceptors (Lipinski definition) is 2. The van der Waals surface area contributed by atoms with E-state index in [1.807, 2.05) is 60.1 Å². The number of benzene rings is 2. The Morgan fingerprint density at radius 3 is 2.30 bits per heavy atom. The summed E-state index contributed by atoms with van der Waals surface area (Å²) in [5.74, 6) is 0. The zero-order valence-corrected chi connectivity index (χ0v) is 14.3. The molecule has 0 fully saturated rings. The second-order valence-corrected chi connectivity index (χ2v) is 7.52. The fourth-order valence-corrected chi connectivity index (χ4v) is 5.24. The Kier molecular flexibility index (Phi) is 3.49. The van der Waals surface area contributed by atoms with Gasteiger partial charge in [-0.05, 0) is 0 Å². The van der Waals surface area contributed by atoms with Gasteiger partial charge in [-0.15, -0.1) is 0 Å². The zero-order chi connectivity index (χ0) is 15.8. The number of aromatic nitrogens is 2. The van der Waals surface area contributed by atoms with Gasteiger partial charge in [0.15, 0.2) is 0 Å². The van der Waals surface area contributed by atoms with Gasteiger partial charge in [-0.1, -0.05) is 0 Å². The van der Waals surface area contributed by atoms with Crippen molar-refractivity contribution in [3.8, 4) is 15.7 Å². The van der Waals surface area contributed by atoms with E-state index >= 15 is 0 Å². The zero-order valence-electron chi connectivity index (χ0n) is 12.6. The SMILES string of the molecule is Cc1nn(-c2ccccc2)c2[se]c(-c3ccccc3)cc(=O)c12. The van der Waals surface area contributed by atoms with E-state index in [0.29, 0.717) is 0 Å². The van der Waals surface area contributed by atoms with Crippen molar-refractivity contribution >= 4 is 24.3 Å². The van der Waals surface area contributed by atoms with Crippen LogP contribution in [-0.4, -0.2) is 24.3 Å². The van der Waals surface area contributed by atoms with Crippen molar-refractivity contribution in [1.82, 2.24) is 9.78 Å². The van der Waals surface area contributed by atoms with Crippen LogP contribution < -0.4 is 5.43 Å². The van der Waals surface area contributed by atoms with Crippen LogP contribution in [0.3, 0.4) is 0 Å². The molecule has 4 rings (SSSR count). The molecule has 0 aliphatic rings. The van der Waals surface area contributed by atoms with Crippen LogP contribution in [0.15, 0.2) is 71.5 Å². The Labute approximate surface area is 139 Å². The van der Waals surface area contributed by atoms with Gasteiger partial charge in [0.05, 0.1) is 0 Å². The first-order valence-electron chi connectivity index (χ1n) is 7.38. The van der Waals surface area contributed by atoms with Crippen LogP contribution in [0.2, 0.25) is 0 Å². The van der Waals surface area contributed by atoms with Crippen molar-refractivity contribution in [2.75, 3.05) is 0 Å². The fourth-order valence-electron chi connectivity index (χ4n) is 2.70. The maximum absolute atomic E-state index is 12.6. The summed E-state index contributed by atoms with van der Waals surface area (Å²) in [6, 6.07) is 21.9. The second kappa shape index (κ2) is 5.65. The molecule has 23 heavy (non-hydrogen) atoms. The molecule has 0 aliphatic carbocycles. The summed E-state index contributed by atoms with van der Waals surface area (Å²) in [5, 5.41) is 5.39. The van der Waals surface area contributed by atoms with E-state index in [4.69, 9.17) is 0 Å². The first-order chi connectivity index (χ1) is 11.2. The van der Waals surface area contributed by atoms with Gasteiger partial charge in [-0.3, -0.25) is 0 Å². The minimum atomic E-state index is 0.0434. The topological polar surface area (TPSA) is 34.9 Å². The van der Waals surface area contributed by atoms with E-state index < -0.39 is 0 Å². The van der Waals surface area contributed by atoms with Gasteiger partial charge in [0, 0.05) is 0 Å². The molecule has 112 valence electrons. The van der Waals surface area contributed by atoms with Gasteiger partial charge in [-0.25, -0.2) is 0 Å². The second-order valence-electron chi connectivity index (χ2n) is 5.35. The van der Waals surface area contributed by atoms with Crippen LogP contribution in [0.5, 0.6) is 0 Å². The van der Waals surface area contributed by atoms with Gasteiger partial charge in [-0.2, -0.15) is 0 Å². The number of fused-ring (bicyclic) bond motifs is 1. The number of hydrogen-bond donors (Lipinski definition) is 0. The van der Waals surface area contributed by atoms with Crippen LogP contribution in [0.25, 0.3) is 25.5 Å². The Morgan fingerprint density at radius 2 is 1.61 bits per heavy atom. The molecular formula is C19H14N2OSe. The van der Waals surface area contributed by atoms with Crippen LogP contribution in [0.1, 0.15) is 5.69 Å². The van der Waals surface area contributed by atoms with Crippen LogP contribution in [0, 0.1) is 6.92 Å². The summed E-state index contributed by atoms with van der Waals surface area (Å²) in [4.78, 5) is 12.6. The van der Waals surface area contributed by atoms with Gasteiger partial charge in [0.2, 0.25) is 0 Å². The molecule has 0 amide bonds. The molecule has 0 atom stereocenters. The summed E-state index contributed by atoms with van der Waals surface area (Å²) in [7, 11) is 0. The fraction of sp³-hybridized carbons (Fsp3) is 0.0526. The van der Waals surface area contributed by atoms with Crippen molar-refractivity contribution in [2.24, 2.45) is 0 Å². The normalized spacial score (nSPS) is 11.0. The van der Waals surface area contributed by atoms with Crippen molar-refractivity contribution in [2.45, 2.75) is 6.92 Å². The number of nitrogens with zero attached hydrogens (tertiary/aromatic N) is 2. The standard InChI is InChI=1S/C19H14N2OSe/c1-13-18-16(22)12-17(14-8-4-2-5-9-14)23-19(18)21(20-13)15-10-6-3-7-11-15/h2-12H,1H3. The molecule has 0 bridgehead atoms. The molecule has 0 aliphatic heterocycles. The van der Waals surface area contributed by atoms with E-state index in [1.54, 1.807) is 6.07 Å². The van der Waals surface area contributed by atoms with Gasteiger partial charge >= 0.3 is 139 Å². The molecule has 2 aromatic heterocycles. The molecule has 0 saturated heterocycles. The molecule has 2 aromatic carbocycles. The van der Waals surface area contributed by atoms with Crippen molar-refractivity contribution in [1.29, 1.82) is 0 Å². The number of rotatable bonds is 2. The third kappa shape index (κ3) is 2.46. The summed E-state index contributed by atoms with van der Waals surface area (Å²) in [5.41, 5.74) is 2.98. The van der Waals surface area contributed by atoms with Gasteiger partial charge in [0.1, 0.15) is 0 Å². The van der Waals surface area contributed by atoms with E-state index in [9.17, 15) is 4.79 Å². The van der Waals surface area contributed by atoms with Crippen LogP contribution in [-0.2, 0) is 0 Å². The molecule has 3 nitrogen and oxygen atoms in total. The Morgan fingerprint density at radius 1 is 0.957 bits per heavy atom. The molecule has 0 radical (unpaired) electrons. The number of para-hydroxylation sites is 1. The molecule has 4 aromatic rings. The predicted octanol–water partition coefficient (Wildman–Crippen LogP) is 3.42. The Hall–Kier alpha value is -2.42. The van der Waals surface area contributed by atoms with E-state index in [2.05, 4.69) is 17.2 Å². The monoisotopic (exact) mass is 366 g/mol. The van der Waals surface area contributed by atoms with Crippen LogP contribution >= 0.6 is 0 Å². The third-order valence-electron chi connectivity index (χ3n) is 3.79. The van der Waals surface area contributed by atoms with Crippen molar-refractivity contribution < 1.29 is 0 Å². The summed E-state index contributed by atoms with van der Waals surface area (Å²) >= 11 is 0.0434. The van der Waals surface area contributed by atoms with E-state index in [-0.39, 0.29) is 19.9 Å². The minimum absolute atomic E-state index is 0.0434. The molecule has 0 unspecified atom stereocenters. The third-order valence-corrected chi connectivity index (χ3v) is 6.19. The summed E-state index contributed by atoms with van der Waals surface area (Å²) < 4.78 is 4.07. The Bertz CT molecular complexity index is 1030. The van der Waals surface area contributed by atoms with E-state index in [0.717, 1.165) is 31.2 Å². The van der Waals surface area contributed by atoms with Gasteiger partial charge < -0.3 is 0 Å². The maximum atomic E-state index is 12.6. The summed E-state index contributed by atoms with van der Waals surface area (Å²) in [6.45, 7) is 1.91. The van der Waals surface area contributed by atoms with E-state index in [1.165, 1.54) is 0 Å². The van der Waals surface area contributed by atoms with Gasteiger partial charge in [0.25, 0.3) is 0 Å². The molecule has 0 saturated carbocycles. The van der Waals surface area contributed by atoms with Crippen LogP contribution in [0.4, 0.5) is 0 Å². The van der Waals surface area contributed by atoms with Crippen molar-refractivity contribution in [3.63, 3.8) is 0 Å². The molecular weight excluding hydrogens is 351 g/mol. The molecule has 0 spiro atoms. The first kappa shape index (κ1) is 14.2. The average molecular weight is 365 g/mol. The number of aryl methyl sites for hydroxylation is 1. The molecule has 4 heteroatoms. The summed E-state index contributed by atoms with van der Waals surface area (Å²) in [6.07, 6.45) is 0. The first-order valence-corrected chi connectivity index (χ1v) is 9.09.